The summed E-state index contributed by atoms with van der Waals surface area (Å²) in [5.41, 5.74) is 8.74. The van der Waals surface area contributed by atoms with Gasteiger partial charge in [-0.1, -0.05) is 24.3 Å². The number of rotatable bonds is 5. The summed E-state index contributed by atoms with van der Waals surface area (Å²) in [5, 5.41) is 3.28. The molecule has 2 rings (SSSR count). The zero-order chi connectivity index (χ0) is 14.5. The van der Waals surface area contributed by atoms with E-state index in [-0.39, 0.29) is 6.04 Å². The van der Waals surface area contributed by atoms with Gasteiger partial charge in [0.25, 0.3) is 0 Å². The zero-order valence-electron chi connectivity index (χ0n) is 12.1. The largest absolute Gasteiger partial charge is 0.481 e. The molecular formula is C15H20N4O. The molecule has 1 aromatic heterocycles. The van der Waals surface area contributed by atoms with Gasteiger partial charge >= 0.3 is 0 Å². The molecule has 2 aromatic rings. The van der Waals surface area contributed by atoms with Crippen molar-refractivity contribution in [2.75, 3.05) is 12.4 Å². The Hall–Kier alpha value is -2.14. The zero-order valence-corrected chi connectivity index (χ0v) is 12.1. The molecule has 0 bridgehead atoms. The molecule has 106 valence electrons. The molecule has 0 amide bonds. The highest BCUT2D eigenvalue weighted by Gasteiger charge is 2.08. The molecule has 0 radical (unpaired) electrons. The van der Waals surface area contributed by atoms with Gasteiger partial charge in [0, 0.05) is 18.3 Å². The van der Waals surface area contributed by atoms with Gasteiger partial charge in [-0.15, -0.1) is 0 Å². The molecule has 0 aliphatic heterocycles. The summed E-state index contributed by atoms with van der Waals surface area (Å²) < 4.78 is 5.15. The summed E-state index contributed by atoms with van der Waals surface area (Å²) in [6.07, 6.45) is 0. The smallest absolute Gasteiger partial charge is 0.226 e. The van der Waals surface area contributed by atoms with Crippen LogP contribution in [0, 0.1) is 6.92 Å². The highest BCUT2D eigenvalue weighted by molar-refractivity contribution is 5.35. The van der Waals surface area contributed by atoms with Crippen molar-refractivity contribution in [1.29, 1.82) is 0 Å². The molecule has 5 heteroatoms. The number of benzene rings is 1. The van der Waals surface area contributed by atoms with E-state index in [0.717, 1.165) is 16.8 Å². The number of nitrogens with zero attached hydrogens (tertiary/aromatic N) is 2. The number of hydrogen-bond acceptors (Lipinski definition) is 5. The Bertz CT molecular complexity index is 569. The van der Waals surface area contributed by atoms with Gasteiger partial charge in [-0.2, -0.15) is 4.98 Å². The number of ether oxygens (including phenoxy) is 1. The second-order valence-corrected chi connectivity index (χ2v) is 4.69. The molecule has 0 saturated carbocycles. The van der Waals surface area contributed by atoms with Crippen molar-refractivity contribution in [1.82, 2.24) is 9.97 Å². The van der Waals surface area contributed by atoms with Crippen LogP contribution in [0.25, 0.3) is 0 Å². The van der Waals surface area contributed by atoms with Gasteiger partial charge in [0.2, 0.25) is 11.8 Å². The molecule has 5 nitrogen and oxygen atoms in total. The number of nitrogens with two attached hydrogens (primary N) is 1. The van der Waals surface area contributed by atoms with Crippen LogP contribution in [0.1, 0.15) is 29.8 Å². The van der Waals surface area contributed by atoms with Crippen molar-refractivity contribution in [3.63, 3.8) is 0 Å². The third-order valence-electron chi connectivity index (χ3n) is 3.10. The fourth-order valence-electron chi connectivity index (χ4n) is 1.93. The summed E-state index contributed by atoms with van der Waals surface area (Å²) in [4.78, 5) is 8.65. The summed E-state index contributed by atoms with van der Waals surface area (Å²) in [6.45, 7) is 4.53. The molecule has 0 fully saturated rings. The first-order valence-corrected chi connectivity index (χ1v) is 6.57. The number of aryl methyl sites for hydroxylation is 1. The van der Waals surface area contributed by atoms with E-state index in [1.54, 1.807) is 13.2 Å². The van der Waals surface area contributed by atoms with Crippen LogP contribution in [0.3, 0.4) is 0 Å². The lowest BCUT2D eigenvalue weighted by molar-refractivity contribution is 0.397. The SMILES string of the molecule is COc1cc(C)nc(NC(C)c2ccc(CN)cc2)n1. The van der Waals surface area contributed by atoms with Gasteiger partial charge in [0.05, 0.1) is 13.2 Å². The molecule has 1 heterocycles. The van der Waals surface area contributed by atoms with Crippen LogP contribution >= 0.6 is 0 Å². The minimum Gasteiger partial charge on any atom is -0.481 e. The van der Waals surface area contributed by atoms with E-state index in [2.05, 4.69) is 34.3 Å². The molecule has 0 aliphatic carbocycles. The normalized spacial score (nSPS) is 12.0. The molecule has 0 spiro atoms. The van der Waals surface area contributed by atoms with E-state index in [4.69, 9.17) is 10.5 Å². The average Bonchev–Trinajstić information content (AvgIpc) is 2.46. The van der Waals surface area contributed by atoms with Crippen LogP contribution in [-0.4, -0.2) is 17.1 Å². The summed E-state index contributed by atoms with van der Waals surface area (Å²) in [6, 6.07) is 10.1. The Balaban J connectivity index is 2.13. The monoisotopic (exact) mass is 272 g/mol. The van der Waals surface area contributed by atoms with E-state index in [9.17, 15) is 0 Å². The molecule has 1 atom stereocenters. The van der Waals surface area contributed by atoms with Gasteiger partial charge in [-0.3, -0.25) is 0 Å². The van der Waals surface area contributed by atoms with E-state index >= 15 is 0 Å². The van der Waals surface area contributed by atoms with Gasteiger partial charge in [0.1, 0.15) is 0 Å². The van der Waals surface area contributed by atoms with E-state index in [1.165, 1.54) is 0 Å². The van der Waals surface area contributed by atoms with Crippen LogP contribution in [0.2, 0.25) is 0 Å². The minimum atomic E-state index is 0.105. The van der Waals surface area contributed by atoms with Crippen molar-refractivity contribution in [3.8, 4) is 5.88 Å². The Morgan fingerprint density at radius 1 is 1.25 bits per heavy atom. The van der Waals surface area contributed by atoms with Crippen LogP contribution in [0.15, 0.2) is 30.3 Å². The van der Waals surface area contributed by atoms with Crippen LogP contribution in [0.5, 0.6) is 5.88 Å². The maximum atomic E-state index is 5.60. The highest BCUT2D eigenvalue weighted by Crippen LogP contribution is 2.19. The summed E-state index contributed by atoms with van der Waals surface area (Å²) in [5.74, 6) is 1.13. The lowest BCUT2D eigenvalue weighted by atomic mass is 10.1. The van der Waals surface area contributed by atoms with Crippen LogP contribution in [-0.2, 0) is 6.54 Å². The predicted molar refractivity (Wildman–Crippen MR) is 79.7 cm³/mol. The predicted octanol–water partition coefficient (Wildman–Crippen LogP) is 2.43. The lowest BCUT2D eigenvalue weighted by Gasteiger charge is -2.15. The maximum absolute atomic E-state index is 5.60. The second kappa shape index (κ2) is 6.34. The van der Waals surface area contributed by atoms with Gasteiger partial charge in [-0.05, 0) is 25.0 Å². The van der Waals surface area contributed by atoms with E-state index in [0.29, 0.717) is 18.4 Å². The van der Waals surface area contributed by atoms with Crippen LogP contribution in [0.4, 0.5) is 5.95 Å². The van der Waals surface area contributed by atoms with E-state index in [1.807, 2.05) is 19.1 Å². The fourth-order valence-corrected chi connectivity index (χ4v) is 1.93. The first kappa shape index (κ1) is 14.3. The minimum absolute atomic E-state index is 0.105. The molecule has 20 heavy (non-hydrogen) atoms. The average molecular weight is 272 g/mol. The summed E-state index contributed by atoms with van der Waals surface area (Å²) in [7, 11) is 1.60. The molecule has 1 unspecified atom stereocenters. The molecule has 3 N–H and O–H groups in total. The van der Waals surface area contributed by atoms with Crippen molar-refractivity contribution < 1.29 is 4.74 Å². The topological polar surface area (TPSA) is 73.1 Å². The molecular weight excluding hydrogens is 252 g/mol. The highest BCUT2D eigenvalue weighted by atomic mass is 16.5. The Labute approximate surface area is 119 Å². The van der Waals surface area contributed by atoms with E-state index < -0.39 is 0 Å². The maximum Gasteiger partial charge on any atom is 0.226 e. The summed E-state index contributed by atoms with van der Waals surface area (Å²) >= 11 is 0. The fraction of sp³-hybridized carbons (Fsp3) is 0.333. The second-order valence-electron chi connectivity index (χ2n) is 4.69. The number of hydrogen-bond donors (Lipinski definition) is 2. The Morgan fingerprint density at radius 3 is 2.55 bits per heavy atom. The standard InChI is InChI=1S/C15H20N4O/c1-10-8-14(20-3)19-15(17-10)18-11(2)13-6-4-12(9-16)5-7-13/h4-8,11H,9,16H2,1-3H3,(H,17,18,19). The Morgan fingerprint density at radius 2 is 1.95 bits per heavy atom. The van der Waals surface area contributed by atoms with Crippen molar-refractivity contribution >= 4 is 5.95 Å². The quantitative estimate of drug-likeness (QED) is 0.874. The lowest BCUT2D eigenvalue weighted by Crippen LogP contribution is -2.10. The molecule has 0 aliphatic rings. The van der Waals surface area contributed by atoms with Gasteiger partial charge < -0.3 is 15.8 Å². The first-order valence-electron chi connectivity index (χ1n) is 6.57. The van der Waals surface area contributed by atoms with Crippen LogP contribution < -0.4 is 15.8 Å². The van der Waals surface area contributed by atoms with Crippen molar-refractivity contribution in [2.45, 2.75) is 26.4 Å². The van der Waals surface area contributed by atoms with Crippen molar-refractivity contribution in [2.24, 2.45) is 5.73 Å². The number of anilines is 1. The number of nitrogens with one attached hydrogen (secondary N) is 1. The third-order valence-corrected chi connectivity index (χ3v) is 3.10. The number of aromatic nitrogens is 2. The van der Waals surface area contributed by atoms with Gasteiger partial charge in [0.15, 0.2) is 0 Å². The Kier molecular flexibility index (Phi) is 4.53. The van der Waals surface area contributed by atoms with Gasteiger partial charge in [-0.25, -0.2) is 4.98 Å². The molecule has 0 saturated heterocycles. The molecule has 1 aromatic carbocycles. The third kappa shape index (κ3) is 3.45. The first-order chi connectivity index (χ1) is 9.62. The number of methoxy groups -OCH3 is 1. The van der Waals surface area contributed by atoms with Crippen molar-refractivity contribution in [3.05, 3.63) is 47.2 Å².